The first-order valence-corrected chi connectivity index (χ1v) is 13.4. The van der Waals surface area contributed by atoms with Crippen LogP contribution in [0.4, 0.5) is 5.69 Å². The summed E-state index contributed by atoms with van der Waals surface area (Å²) in [7, 11) is -3.36. The van der Waals surface area contributed by atoms with Crippen LogP contribution in [-0.4, -0.2) is 34.8 Å². The predicted octanol–water partition coefficient (Wildman–Crippen LogP) is 5.26. The molecule has 2 aromatic carbocycles. The summed E-state index contributed by atoms with van der Waals surface area (Å²) in [5.41, 5.74) is 2.82. The third kappa shape index (κ3) is 5.57. The van der Waals surface area contributed by atoms with Crippen molar-refractivity contribution in [2.45, 2.75) is 51.5 Å². The van der Waals surface area contributed by atoms with Crippen LogP contribution in [0.5, 0.6) is 11.5 Å². The van der Waals surface area contributed by atoms with Crippen LogP contribution < -0.4 is 10.1 Å². The third-order valence-electron chi connectivity index (χ3n) is 5.79. The Labute approximate surface area is 211 Å². The van der Waals surface area contributed by atoms with Gasteiger partial charge in [0, 0.05) is 17.8 Å². The molecule has 9 heteroatoms. The number of rotatable bonds is 7. The molecular weight excluding hydrogens is 476 g/mol. The summed E-state index contributed by atoms with van der Waals surface area (Å²) < 4.78 is 32.7. The fourth-order valence-electron chi connectivity index (χ4n) is 3.75. The van der Waals surface area contributed by atoms with Crippen molar-refractivity contribution in [3.8, 4) is 11.5 Å². The highest BCUT2D eigenvalue weighted by Crippen LogP contribution is 2.32. The first-order chi connectivity index (χ1) is 17.0. The Bertz CT molecular complexity index is 1540. The number of nitrogens with one attached hydrogen (secondary N) is 1. The lowest BCUT2D eigenvalue weighted by atomic mass is 10.1. The number of amides is 1. The van der Waals surface area contributed by atoms with E-state index in [-0.39, 0.29) is 28.5 Å². The van der Waals surface area contributed by atoms with E-state index in [1.807, 2.05) is 56.8 Å². The third-order valence-corrected chi connectivity index (χ3v) is 7.52. The lowest BCUT2D eigenvalue weighted by Gasteiger charge is -2.18. The standard InChI is InChI=1S/C27H30N4O4S/c1-6-36(33,34)21-8-9-23-22(15-21)25(11-12-28-23)35-24-10-7-19(13-18(24)2)14-26(32)30-20-16-29-31(17-20)27(3,4)5/h7-13,15-17H,6,14H2,1-5H3,(H,30,32). The van der Waals surface area contributed by atoms with Crippen molar-refractivity contribution >= 4 is 32.3 Å². The van der Waals surface area contributed by atoms with Gasteiger partial charge >= 0.3 is 0 Å². The number of hydrogen-bond acceptors (Lipinski definition) is 6. The second-order valence-corrected chi connectivity index (χ2v) is 11.9. The molecule has 0 aliphatic rings. The highest BCUT2D eigenvalue weighted by molar-refractivity contribution is 7.91. The quantitative estimate of drug-likeness (QED) is 0.367. The van der Waals surface area contributed by atoms with E-state index in [0.29, 0.717) is 28.1 Å². The molecule has 2 aromatic heterocycles. The predicted molar refractivity (Wildman–Crippen MR) is 140 cm³/mol. The zero-order chi connectivity index (χ0) is 26.1. The molecule has 0 spiro atoms. The Kier molecular flexibility index (Phi) is 6.86. The molecule has 2 heterocycles. The monoisotopic (exact) mass is 506 g/mol. The van der Waals surface area contributed by atoms with Gasteiger partial charge in [-0.2, -0.15) is 5.10 Å². The first kappa shape index (κ1) is 25.4. The molecule has 4 aromatic rings. The van der Waals surface area contributed by atoms with E-state index in [2.05, 4.69) is 15.4 Å². The Balaban J connectivity index is 1.51. The minimum atomic E-state index is -3.36. The second-order valence-electron chi connectivity index (χ2n) is 9.66. The second kappa shape index (κ2) is 9.73. The average Bonchev–Trinajstić information content (AvgIpc) is 3.29. The summed E-state index contributed by atoms with van der Waals surface area (Å²) in [5, 5.41) is 7.81. The number of nitrogens with zero attached hydrogens (tertiary/aromatic N) is 3. The SMILES string of the molecule is CCS(=O)(=O)c1ccc2nccc(Oc3ccc(CC(=O)Nc4cnn(C(C)(C)C)c4)cc3C)c2c1. The maximum Gasteiger partial charge on any atom is 0.228 e. The lowest BCUT2D eigenvalue weighted by Crippen LogP contribution is -2.22. The van der Waals surface area contributed by atoms with Crippen LogP contribution in [0.3, 0.4) is 0 Å². The van der Waals surface area contributed by atoms with Gasteiger partial charge in [0.15, 0.2) is 9.84 Å². The van der Waals surface area contributed by atoms with Gasteiger partial charge in [0.2, 0.25) is 5.91 Å². The molecule has 0 saturated carbocycles. The van der Waals surface area contributed by atoms with Crippen molar-refractivity contribution in [3.05, 3.63) is 72.2 Å². The fourth-order valence-corrected chi connectivity index (χ4v) is 4.65. The lowest BCUT2D eigenvalue weighted by molar-refractivity contribution is -0.115. The fraction of sp³-hybridized carbons (Fsp3) is 0.296. The smallest absolute Gasteiger partial charge is 0.228 e. The largest absolute Gasteiger partial charge is 0.456 e. The minimum Gasteiger partial charge on any atom is -0.456 e. The van der Waals surface area contributed by atoms with E-state index < -0.39 is 9.84 Å². The summed E-state index contributed by atoms with van der Waals surface area (Å²) in [4.78, 5) is 17.1. The van der Waals surface area contributed by atoms with E-state index in [1.165, 1.54) is 0 Å². The van der Waals surface area contributed by atoms with Crippen molar-refractivity contribution < 1.29 is 17.9 Å². The van der Waals surface area contributed by atoms with Crippen LogP contribution in [0, 0.1) is 6.92 Å². The van der Waals surface area contributed by atoms with Crippen molar-refractivity contribution in [1.82, 2.24) is 14.8 Å². The Morgan fingerprint density at radius 1 is 1.08 bits per heavy atom. The number of fused-ring (bicyclic) bond motifs is 1. The van der Waals surface area contributed by atoms with Gasteiger partial charge in [0.1, 0.15) is 11.5 Å². The molecule has 1 amide bonds. The molecule has 8 nitrogen and oxygen atoms in total. The highest BCUT2D eigenvalue weighted by Gasteiger charge is 2.16. The summed E-state index contributed by atoms with van der Waals surface area (Å²) in [6.07, 6.45) is 5.29. The summed E-state index contributed by atoms with van der Waals surface area (Å²) >= 11 is 0. The van der Waals surface area contributed by atoms with Crippen LogP contribution >= 0.6 is 0 Å². The summed E-state index contributed by atoms with van der Waals surface area (Å²) in [6.45, 7) is 9.64. The van der Waals surface area contributed by atoms with E-state index in [4.69, 9.17) is 4.74 Å². The van der Waals surface area contributed by atoms with Gasteiger partial charge in [0.25, 0.3) is 0 Å². The van der Waals surface area contributed by atoms with Crippen LogP contribution in [0.25, 0.3) is 10.9 Å². The van der Waals surface area contributed by atoms with E-state index in [1.54, 1.807) is 43.6 Å². The molecule has 188 valence electrons. The zero-order valence-electron chi connectivity index (χ0n) is 21.1. The van der Waals surface area contributed by atoms with Gasteiger partial charge in [-0.25, -0.2) is 8.42 Å². The van der Waals surface area contributed by atoms with Gasteiger partial charge in [-0.3, -0.25) is 14.5 Å². The van der Waals surface area contributed by atoms with E-state index in [9.17, 15) is 13.2 Å². The molecule has 4 rings (SSSR count). The number of carbonyl (C=O) groups excluding carboxylic acids is 1. The Morgan fingerprint density at radius 2 is 1.86 bits per heavy atom. The maximum absolute atomic E-state index is 12.6. The summed E-state index contributed by atoms with van der Waals surface area (Å²) in [5.74, 6) is 1.00. The Hall–Kier alpha value is -3.72. The molecule has 0 bridgehead atoms. The molecule has 0 saturated heterocycles. The van der Waals surface area contributed by atoms with Gasteiger partial charge in [-0.05, 0) is 69.2 Å². The number of hydrogen-bond donors (Lipinski definition) is 1. The molecule has 0 unspecified atom stereocenters. The van der Waals surface area contributed by atoms with E-state index in [0.717, 1.165) is 11.1 Å². The van der Waals surface area contributed by atoms with Crippen molar-refractivity contribution in [3.63, 3.8) is 0 Å². The number of benzene rings is 2. The normalized spacial score (nSPS) is 12.0. The number of pyridine rings is 1. The Morgan fingerprint density at radius 3 is 2.53 bits per heavy atom. The van der Waals surface area contributed by atoms with Crippen LogP contribution in [-0.2, 0) is 26.6 Å². The molecule has 0 atom stereocenters. The maximum atomic E-state index is 12.6. The number of aromatic nitrogens is 3. The molecule has 36 heavy (non-hydrogen) atoms. The van der Waals surface area contributed by atoms with Gasteiger partial charge < -0.3 is 10.1 Å². The topological polar surface area (TPSA) is 103 Å². The molecular formula is C27H30N4O4S. The minimum absolute atomic E-state index is 0.0159. The number of sulfone groups is 1. The van der Waals surface area contributed by atoms with Crippen LogP contribution in [0.15, 0.2) is 66.0 Å². The molecule has 1 N–H and O–H groups in total. The zero-order valence-corrected chi connectivity index (χ0v) is 21.9. The highest BCUT2D eigenvalue weighted by atomic mass is 32.2. The van der Waals surface area contributed by atoms with Crippen LogP contribution in [0.1, 0.15) is 38.8 Å². The summed E-state index contributed by atoms with van der Waals surface area (Å²) in [6, 6.07) is 12.1. The number of carbonyl (C=O) groups is 1. The van der Waals surface area contributed by atoms with Gasteiger partial charge in [-0.1, -0.05) is 19.1 Å². The number of ether oxygens (including phenoxy) is 1. The molecule has 0 aliphatic heterocycles. The molecule has 0 aliphatic carbocycles. The van der Waals surface area contributed by atoms with E-state index >= 15 is 0 Å². The van der Waals surface area contributed by atoms with Crippen molar-refractivity contribution in [2.75, 3.05) is 11.1 Å². The number of aryl methyl sites for hydroxylation is 1. The number of anilines is 1. The van der Waals surface area contributed by atoms with Gasteiger partial charge in [-0.15, -0.1) is 0 Å². The van der Waals surface area contributed by atoms with Crippen molar-refractivity contribution in [1.29, 1.82) is 0 Å². The van der Waals surface area contributed by atoms with Gasteiger partial charge in [0.05, 0.1) is 40.0 Å². The van der Waals surface area contributed by atoms with Crippen LogP contribution in [0.2, 0.25) is 0 Å². The average molecular weight is 507 g/mol. The molecule has 0 radical (unpaired) electrons. The molecule has 0 fully saturated rings. The van der Waals surface area contributed by atoms with Crippen molar-refractivity contribution in [2.24, 2.45) is 0 Å². The first-order valence-electron chi connectivity index (χ1n) is 11.7.